The van der Waals surface area contributed by atoms with Crippen LogP contribution in [0.15, 0.2) is 62.9 Å². The van der Waals surface area contributed by atoms with E-state index in [2.05, 4.69) is 34.9 Å². The summed E-state index contributed by atoms with van der Waals surface area (Å²) >= 11 is 3.48. The number of hydrogen-bond donors (Lipinski definition) is 0. The first kappa shape index (κ1) is 29.8. The molecule has 0 N–H and O–H groups in total. The number of nitrogens with zero attached hydrogens (tertiary/aromatic N) is 3. The summed E-state index contributed by atoms with van der Waals surface area (Å²) in [6.07, 6.45) is 1.48. The van der Waals surface area contributed by atoms with Crippen molar-refractivity contribution in [3.05, 3.63) is 80.0 Å². The lowest BCUT2D eigenvalue weighted by molar-refractivity contribution is -0.145. The van der Waals surface area contributed by atoms with Gasteiger partial charge >= 0.3 is 5.97 Å². The minimum Gasteiger partial charge on any atom is -0.496 e. The number of carbonyl (C=O) groups excluding carboxylic acids is 1. The third kappa shape index (κ3) is 6.43. The first-order valence-electron chi connectivity index (χ1n) is 13.1. The molecule has 0 radical (unpaired) electrons. The highest BCUT2D eigenvalue weighted by molar-refractivity contribution is 9.10. The Hall–Kier alpha value is -4.18. The van der Waals surface area contributed by atoms with Crippen molar-refractivity contribution >= 4 is 39.0 Å². The van der Waals surface area contributed by atoms with Crippen molar-refractivity contribution in [2.75, 3.05) is 27.4 Å². The molecule has 0 saturated heterocycles. The first-order chi connectivity index (χ1) is 19.7. The Bertz CT molecular complexity index is 1680. The number of hydrogen-bond acceptors (Lipinski definition) is 8. The molecule has 1 aromatic heterocycles. The normalized spacial score (nSPS) is 11.3. The van der Waals surface area contributed by atoms with Crippen LogP contribution in [0.3, 0.4) is 0 Å². The predicted molar refractivity (Wildman–Crippen MR) is 163 cm³/mol. The third-order valence-electron chi connectivity index (χ3n) is 6.41. The third-order valence-corrected chi connectivity index (χ3v) is 6.87. The van der Waals surface area contributed by atoms with E-state index in [1.54, 1.807) is 44.4 Å². The standard InChI is InChI=1S/C31H32BrN3O6/c1-7-40-28(36)17-41-29-20(13-21(32)14-27(29)39-6)16-33-35-30(34-25-11-9-8-10-22(25)31(35)37)24-15-23(18(2)3)26(38-5)12-19(24)4/h8-16,18H,7,17H2,1-6H3. The van der Waals surface area contributed by atoms with Gasteiger partial charge in [0.25, 0.3) is 5.56 Å². The van der Waals surface area contributed by atoms with Crippen molar-refractivity contribution in [1.29, 1.82) is 0 Å². The Morgan fingerprint density at radius 1 is 1.10 bits per heavy atom. The summed E-state index contributed by atoms with van der Waals surface area (Å²) in [5.41, 5.74) is 3.31. The summed E-state index contributed by atoms with van der Waals surface area (Å²) in [5, 5.41) is 5.04. The topological polar surface area (TPSA) is 101 Å². The molecule has 41 heavy (non-hydrogen) atoms. The molecular formula is C31H32BrN3O6. The van der Waals surface area contributed by atoms with Crippen LogP contribution in [0.5, 0.6) is 17.2 Å². The largest absolute Gasteiger partial charge is 0.496 e. The summed E-state index contributed by atoms with van der Waals surface area (Å²) in [6.45, 7) is 7.73. The molecule has 4 rings (SSSR count). The maximum absolute atomic E-state index is 13.8. The zero-order valence-corrected chi connectivity index (χ0v) is 25.4. The number of rotatable bonds is 10. The van der Waals surface area contributed by atoms with Gasteiger partial charge in [-0.2, -0.15) is 9.78 Å². The minimum atomic E-state index is -0.520. The molecule has 9 nitrogen and oxygen atoms in total. The maximum Gasteiger partial charge on any atom is 0.344 e. The highest BCUT2D eigenvalue weighted by Gasteiger charge is 2.19. The van der Waals surface area contributed by atoms with Crippen molar-refractivity contribution in [1.82, 2.24) is 9.66 Å². The molecule has 0 bridgehead atoms. The smallest absolute Gasteiger partial charge is 0.344 e. The van der Waals surface area contributed by atoms with Crippen LogP contribution >= 0.6 is 15.9 Å². The zero-order valence-electron chi connectivity index (χ0n) is 23.9. The molecule has 3 aromatic carbocycles. The molecule has 0 fully saturated rings. The fraction of sp³-hybridized carbons (Fsp3) is 0.290. The van der Waals surface area contributed by atoms with Crippen molar-refractivity contribution in [3.8, 4) is 28.6 Å². The van der Waals surface area contributed by atoms with Crippen LogP contribution in [0, 0.1) is 6.92 Å². The van der Waals surface area contributed by atoms with Gasteiger partial charge in [0.1, 0.15) is 5.75 Å². The molecule has 0 saturated carbocycles. The van der Waals surface area contributed by atoms with E-state index in [0.717, 1.165) is 22.4 Å². The molecular weight excluding hydrogens is 590 g/mol. The van der Waals surface area contributed by atoms with Crippen LogP contribution in [0.4, 0.5) is 0 Å². The summed E-state index contributed by atoms with van der Waals surface area (Å²) in [5.74, 6) is 1.45. The van der Waals surface area contributed by atoms with Crippen LogP contribution in [0.1, 0.15) is 43.4 Å². The average molecular weight is 623 g/mol. The van der Waals surface area contributed by atoms with Crippen LogP contribution in [-0.4, -0.2) is 49.3 Å². The molecule has 1 heterocycles. The average Bonchev–Trinajstić information content (AvgIpc) is 2.95. The number of halogens is 1. The maximum atomic E-state index is 13.8. The van der Waals surface area contributed by atoms with Gasteiger partial charge in [0, 0.05) is 15.6 Å². The quantitative estimate of drug-likeness (QED) is 0.156. The van der Waals surface area contributed by atoms with Crippen LogP contribution in [0.2, 0.25) is 0 Å². The lowest BCUT2D eigenvalue weighted by Crippen LogP contribution is -2.21. The summed E-state index contributed by atoms with van der Waals surface area (Å²) in [4.78, 5) is 30.7. The molecule has 0 aliphatic carbocycles. The number of aryl methyl sites for hydroxylation is 1. The van der Waals surface area contributed by atoms with E-state index in [4.69, 9.17) is 23.9 Å². The summed E-state index contributed by atoms with van der Waals surface area (Å²) in [6, 6.07) is 14.6. The molecule has 0 spiro atoms. The van der Waals surface area contributed by atoms with Crippen molar-refractivity contribution in [2.45, 2.75) is 33.6 Å². The fourth-order valence-corrected chi connectivity index (χ4v) is 4.87. The van der Waals surface area contributed by atoms with Gasteiger partial charge in [0.05, 0.1) is 37.9 Å². The van der Waals surface area contributed by atoms with Crippen molar-refractivity contribution < 1.29 is 23.7 Å². The molecule has 0 unspecified atom stereocenters. The van der Waals surface area contributed by atoms with E-state index in [0.29, 0.717) is 32.5 Å². The lowest BCUT2D eigenvalue weighted by Gasteiger charge is -2.17. The fourth-order valence-electron chi connectivity index (χ4n) is 4.42. The SMILES string of the molecule is CCOC(=O)COc1c(C=Nn2c(-c3cc(C(C)C)c(OC)cc3C)nc3ccccc3c2=O)cc(Br)cc1OC. The molecule has 0 atom stereocenters. The number of para-hydroxylation sites is 1. The second-order valence-electron chi connectivity index (χ2n) is 9.50. The van der Waals surface area contributed by atoms with Gasteiger partial charge in [0.15, 0.2) is 23.9 Å². The van der Waals surface area contributed by atoms with Crippen molar-refractivity contribution in [3.63, 3.8) is 0 Å². The van der Waals surface area contributed by atoms with Gasteiger partial charge in [-0.3, -0.25) is 4.79 Å². The van der Waals surface area contributed by atoms with Crippen LogP contribution < -0.4 is 19.8 Å². The Morgan fingerprint density at radius 2 is 1.83 bits per heavy atom. The van der Waals surface area contributed by atoms with Gasteiger partial charge in [-0.05, 0) is 67.3 Å². The molecule has 0 aliphatic heterocycles. The van der Waals surface area contributed by atoms with E-state index >= 15 is 0 Å². The monoisotopic (exact) mass is 621 g/mol. The van der Waals surface area contributed by atoms with Gasteiger partial charge in [0.2, 0.25) is 0 Å². The molecule has 0 aliphatic rings. The Labute approximate surface area is 246 Å². The van der Waals surface area contributed by atoms with E-state index in [1.807, 2.05) is 25.1 Å². The van der Waals surface area contributed by atoms with Crippen LogP contribution in [-0.2, 0) is 9.53 Å². The van der Waals surface area contributed by atoms with Gasteiger partial charge in [-0.25, -0.2) is 9.78 Å². The number of methoxy groups -OCH3 is 2. The number of esters is 1. The van der Waals surface area contributed by atoms with E-state index in [9.17, 15) is 9.59 Å². The molecule has 214 valence electrons. The Morgan fingerprint density at radius 3 is 2.51 bits per heavy atom. The number of benzene rings is 3. The molecule has 0 amide bonds. The van der Waals surface area contributed by atoms with Gasteiger partial charge in [-0.15, -0.1) is 0 Å². The Kier molecular flexibility index (Phi) is 9.44. The van der Waals surface area contributed by atoms with Gasteiger partial charge in [-0.1, -0.05) is 41.9 Å². The van der Waals surface area contributed by atoms with E-state index in [1.165, 1.54) is 18.0 Å². The highest BCUT2D eigenvalue weighted by Crippen LogP contribution is 2.35. The number of carbonyl (C=O) groups is 1. The van der Waals surface area contributed by atoms with E-state index in [-0.39, 0.29) is 30.4 Å². The molecule has 4 aromatic rings. The minimum absolute atomic E-state index is 0.168. The lowest BCUT2D eigenvalue weighted by atomic mass is 9.96. The summed E-state index contributed by atoms with van der Waals surface area (Å²) in [7, 11) is 3.14. The van der Waals surface area contributed by atoms with Crippen LogP contribution in [0.25, 0.3) is 22.3 Å². The first-order valence-corrected chi connectivity index (χ1v) is 13.9. The van der Waals surface area contributed by atoms with Crippen molar-refractivity contribution in [2.24, 2.45) is 5.10 Å². The Balaban J connectivity index is 1.93. The number of fused-ring (bicyclic) bond motifs is 1. The van der Waals surface area contributed by atoms with E-state index < -0.39 is 5.97 Å². The molecule has 10 heteroatoms. The number of aromatic nitrogens is 2. The number of ether oxygens (including phenoxy) is 4. The van der Waals surface area contributed by atoms with Gasteiger partial charge < -0.3 is 18.9 Å². The second-order valence-corrected chi connectivity index (χ2v) is 10.4. The zero-order chi connectivity index (χ0) is 29.7. The predicted octanol–water partition coefficient (Wildman–Crippen LogP) is 6.10. The highest BCUT2D eigenvalue weighted by atomic mass is 79.9. The second kappa shape index (κ2) is 13.0. The summed E-state index contributed by atoms with van der Waals surface area (Å²) < 4.78 is 23.9.